The van der Waals surface area contributed by atoms with Crippen LogP contribution in [0.4, 0.5) is 0 Å². The van der Waals surface area contributed by atoms with E-state index in [-0.39, 0.29) is 12.4 Å². The molecule has 0 aliphatic heterocycles. The summed E-state index contributed by atoms with van der Waals surface area (Å²) in [5.41, 5.74) is 1.29. The van der Waals surface area contributed by atoms with E-state index in [1.165, 1.54) is 18.4 Å². The summed E-state index contributed by atoms with van der Waals surface area (Å²) in [6.45, 7) is 7.97. The summed E-state index contributed by atoms with van der Waals surface area (Å²) in [6.07, 6.45) is 2.41. The second-order valence-electron chi connectivity index (χ2n) is 1.71. The fraction of sp³-hybridized carbons (Fsp3) is 0.667. The monoisotopic (exact) mass is 120 g/mol. The van der Waals surface area contributed by atoms with Crippen LogP contribution in [0.2, 0.25) is 0 Å². The van der Waals surface area contributed by atoms with E-state index in [0.29, 0.717) is 0 Å². The summed E-state index contributed by atoms with van der Waals surface area (Å²) in [4.78, 5) is 0. The SMILES string of the molecule is C=C(C)CCC.Cl. The summed E-state index contributed by atoms with van der Waals surface area (Å²) < 4.78 is 0. The van der Waals surface area contributed by atoms with Gasteiger partial charge in [0.1, 0.15) is 0 Å². The Morgan fingerprint density at radius 3 is 2.00 bits per heavy atom. The van der Waals surface area contributed by atoms with Crippen molar-refractivity contribution in [3.63, 3.8) is 0 Å². The third-order valence-electron chi connectivity index (χ3n) is 0.677. The van der Waals surface area contributed by atoms with E-state index in [1.807, 2.05) is 0 Å². The van der Waals surface area contributed by atoms with Crippen molar-refractivity contribution in [3.05, 3.63) is 12.2 Å². The molecule has 0 aromatic carbocycles. The van der Waals surface area contributed by atoms with Gasteiger partial charge in [-0.2, -0.15) is 0 Å². The van der Waals surface area contributed by atoms with Crippen LogP contribution in [-0.4, -0.2) is 0 Å². The molecule has 0 aliphatic carbocycles. The number of halogens is 1. The van der Waals surface area contributed by atoms with Gasteiger partial charge in [-0.3, -0.25) is 0 Å². The minimum absolute atomic E-state index is 0. The first-order chi connectivity index (χ1) is 2.77. The Bertz CT molecular complexity index is 48.1. The largest absolute Gasteiger partial charge is 0.147 e. The lowest BCUT2D eigenvalue weighted by atomic mass is 10.2. The molecule has 0 radical (unpaired) electrons. The average molecular weight is 121 g/mol. The molecule has 0 unspecified atom stereocenters. The standard InChI is InChI=1S/C6H12.ClH/c1-4-5-6(2)3;/h2,4-5H2,1,3H3;1H. The molecule has 0 nitrogen and oxygen atoms in total. The first-order valence-electron chi connectivity index (χ1n) is 2.41. The molecule has 0 saturated carbocycles. The molecule has 44 valence electrons. The maximum absolute atomic E-state index is 3.74. The quantitative estimate of drug-likeness (QED) is 0.492. The zero-order valence-electron chi connectivity index (χ0n) is 5.03. The molecule has 7 heavy (non-hydrogen) atoms. The van der Waals surface area contributed by atoms with Gasteiger partial charge in [0.05, 0.1) is 0 Å². The van der Waals surface area contributed by atoms with Gasteiger partial charge >= 0.3 is 0 Å². The van der Waals surface area contributed by atoms with Gasteiger partial charge in [-0.05, 0) is 13.3 Å². The Hall–Kier alpha value is 0.0300. The second kappa shape index (κ2) is 6.03. The van der Waals surface area contributed by atoms with Crippen LogP contribution in [0.5, 0.6) is 0 Å². The van der Waals surface area contributed by atoms with Crippen LogP contribution >= 0.6 is 12.4 Å². The van der Waals surface area contributed by atoms with Crippen LogP contribution in [0.15, 0.2) is 12.2 Å². The highest BCUT2D eigenvalue weighted by molar-refractivity contribution is 5.85. The minimum atomic E-state index is 0. The van der Waals surface area contributed by atoms with Crippen molar-refractivity contribution in [2.75, 3.05) is 0 Å². The van der Waals surface area contributed by atoms with Crippen LogP contribution in [-0.2, 0) is 0 Å². The van der Waals surface area contributed by atoms with Gasteiger partial charge in [0.15, 0.2) is 0 Å². The molecule has 0 saturated heterocycles. The zero-order chi connectivity index (χ0) is 4.99. The first-order valence-corrected chi connectivity index (χ1v) is 2.41. The number of hydrogen-bond acceptors (Lipinski definition) is 0. The van der Waals surface area contributed by atoms with Crippen molar-refractivity contribution < 1.29 is 0 Å². The maximum atomic E-state index is 3.74. The summed E-state index contributed by atoms with van der Waals surface area (Å²) in [6, 6.07) is 0. The number of rotatable bonds is 2. The second-order valence-corrected chi connectivity index (χ2v) is 1.71. The molecule has 0 amide bonds. The Balaban J connectivity index is 0. The fourth-order valence-electron chi connectivity index (χ4n) is 0.427. The molecule has 0 spiro atoms. The normalized spacial score (nSPS) is 7.14. The van der Waals surface area contributed by atoms with Gasteiger partial charge < -0.3 is 0 Å². The molecule has 0 aromatic rings. The predicted octanol–water partition coefficient (Wildman–Crippen LogP) is 2.78. The molecule has 0 rings (SSSR count). The Morgan fingerprint density at radius 2 is 2.00 bits per heavy atom. The van der Waals surface area contributed by atoms with Crippen molar-refractivity contribution >= 4 is 12.4 Å². The van der Waals surface area contributed by atoms with E-state index in [9.17, 15) is 0 Å². The molecule has 1 heteroatoms. The van der Waals surface area contributed by atoms with Gasteiger partial charge in [0, 0.05) is 0 Å². The van der Waals surface area contributed by atoms with Crippen LogP contribution in [0.3, 0.4) is 0 Å². The van der Waals surface area contributed by atoms with Crippen LogP contribution < -0.4 is 0 Å². The van der Waals surface area contributed by atoms with Crippen molar-refractivity contribution in [2.24, 2.45) is 0 Å². The molecular weight excluding hydrogens is 108 g/mol. The third kappa shape index (κ3) is 10.7. The smallest absolute Gasteiger partial charge is 0.0328 e. The fourth-order valence-corrected chi connectivity index (χ4v) is 0.427. The van der Waals surface area contributed by atoms with E-state index in [0.717, 1.165) is 0 Å². The van der Waals surface area contributed by atoms with Gasteiger partial charge in [0.25, 0.3) is 0 Å². The van der Waals surface area contributed by atoms with Crippen molar-refractivity contribution in [1.82, 2.24) is 0 Å². The summed E-state index contributed by atoms with van der Waals surface area (Å²) in [5, 5.41) is 0. The predicted molar refractivity (Wildman–Crippen MR) is 37.0 cm³/mol. The lowest BCUT2D eigenvalue weighted by Gasteiger charge is -1.87. The average Bonchev–Trinajstić information content (AvgIpc) is 1.35. The summed E-state index contributed by atoms with van der Waals surface area (Å²) >= 11 is 0. The summed E-state index contributed by atoms with van der Waals surface area (Å²) in [5.74, 6) is 0. The Morgan fingerprint density at radius 1 is 1.57 bits per heavy atom. The highest BCUT2D eigenvalue weighted by Gasteiger charge is 1.76. The molecule has 0 aromatic heterocycles. The highest BCUT2D eigenvalue weighted by atomic mass is 35.5. The van der Waals surface area contributed by atoms with E-state index < -0.39 is 0 Å². The van der Waals surface area contributed by atoms with E-state index in [4.69, 9.17) is 0 Å². The third-order valence-corrected chi connectivity index (χ3v) is 0.677. The van der Waals surface area contributed by atoms with Crippen LogP contribution in [0.1, 0.15) is 26.7 Å². The molecule has 0 aliphatic rings. The lowest BCUT2D eigenvalue weighted by molar-refractivity contribution is 0.910. The Kier molecular flexibility index (Phi) is 8.70. The first kappa shape index (κ1) is 10.1. The number of hydrogen-bond donors (Lipinski definition) is 0. The van der Waals surface area contributed by atoms with Gasteiger partial charge in [-0.25, -0.2) is 0 Å². The molecule has 0 bridgehead atoms. The number of allylic oxidation sites excluding steroid dienone is 1. The molecule has 0 atom stereocenters. The van der Waals surface area contributed by atoms with E-state index in [1.54, 1.807) is 0 Å². The van der Waals surface area contributed by atoms with Crippen molar-refractivity contribution in [2.45, 2.75) is 26.7 Å². The molecule has 0 heterocycles. The van der Waals surface area contributed by atoms with Crippen molar-refractivity contribution in [1.29, 1.82) is 0 Å². The topological polar surface area (TPSA) is 0 Å². The minimum Gasteiger partial charge on any atom is -0.147 e. The summed E-state index contributed by atoms with van der Waals surface area (Å²) in [7, 11) is 0. The van der Waals surface area contributed by atoms with Gasteiger partial charge in [0.2, 0.25) is 0 Å². The highest BCUT2D eigenvalue weighted by Crippen LogP contribution is 1.96. The lowest BCUT2D eigenvalue weighted by Crippen LogP contribution is -1.66. The zero-order valence-corrected chi connectivity index (χ0v) is 5.85. The van der Waals surface area contributed by atoms with Gasteiger partial charge in [-0.15, -0.1) is 19.0 Å². The Labute approximate surface area is 52.0 Å². The molecule has 0 fully saturated rings. The van der Waals surface area contributed by atoms with E-state index in [2.05, 4.69) is 20.4 Å². The van der Waals surface area contributed by atoms with Crippen molar-refractivity contribution in [3.8, 4) is 0 Å². The van der Waals surface area contributed by atoms with Crippen LogP contribution in [0, 0.1) is 0 Å². The van der Waals surface area contributed by atoms with Gasteiger partial charge in [-0.1, -0.05) is 18.9 Å². The molecular formula is C6H13Cl. The van der Waals surface area contributed by atoms with Crippen LogP contribution in [0.25, 0.3) is 0 Å². The maximum Gasteiger partial charge on any atom is -0.0328 e. The van der Waals surface area contributed by atoms with E-state index >= 15 is 0 Å². The molecule has 0 N–H and O–H groups in total.